The summed E-state index contributed by atoms with van der Waals surface area (Å²) in [5.74, 6) is 0.927. The van der Waals surface area contributed by atoms with Gasteiger partial charge < -0.3 is 9.84 Å². The van der Waals surface area contributed by atoms with E-state index in [1.165, 1.54) is 0 Å². The summed E-state index contributed by atoms with van der Waals surface area (Å²) in [5, 5.41) is 10.3. The van der Waals surface area contributed by atoms with Crippen LogP contribution in [0.5, 0.6) is 0 Å². The summed E-state index contributed by atoms with van der Waals surface area (Å²) in [6.45, 7) is 8.22. The fourth-order valence-electron chi connectivity index (χ4n) is 5.41. The van der Waals surface area contributed by atoms with E-state index in [1.54, 1.807) is 0 Å². The molecule has 21 heavy (non-hydrogen) atoms. The Kier molecular flexibility index (Phi) is 3.53. The van der Waals surface area contributed by atoms with Gasteiger partial charge in [0.25, 0.3) is 0 Å². The summed E-state index contributed by atoms with van der Waals surface area (Å²) >= 11 is 0. The fourth-order valence-corrected chi connectivity index (χ4v) is 5.41. The van der Waals surface area contributed by atoms with Gasteiger partial charge in [-0.3, -0.25) is 4.79 Å². The van der Waals surface area contributed by atoms with E-state index in [9.17, 15) is 9.90 Å². The van der Waals surface area contributed by atoms with Crippen LogP contribution in [0.4, 0.5) is 0 Å². The minimum Gasteiger partial charge on any atom is -0.388 e. The second-order valence-electron chi connectivity index (χ2n) is 8.64. The lowest BCUT2D eigenvalue weighted by Crippen LogP contribution is -2.60. The lowest BCUT2D eigenvalue weighted by atomic mass is 9.48. The zero-order valence-electron chi connectivity index (χ0n) is 13.9. The number of ketones is 1. The van der Waals surface area contributed by atoms with Crippen molar-refractivity contribution in [1.29, 1.82) is 0 Å². The molecule has 0 spiro atoms. The summed E-state index contributed by atoms with van der Waals surface area (Å²) < 4.78 is 6.33. The zero-order valence-corrected chi connectivity index (χ0v) is 13.9. The summed E-state index contributed by atoms with van der Waals surface area (Å²) in [7, 11) is 0. The first-order chi connectivity index (χ1) is 9.68. The van der Waals surface area contributed by atoms with Gasteiger partial charge in [-0.25, -0.2) is 0 Å². The van der Waals surface area contributed by atoms with E-state index in [0.29, 0.717) is 11.7 Å². The molecular weight excluding hydrogens is 264 g/mol. The number of hydrogen-bond donors (Lipinski definition) is 1. The maximum Gasteiger partial charge on any atom is 0.139 e. The lowest BCUT2D eigenvalue weighted by Gasteiger charge is -2.60. The molecule has 3 fully saturated rings. The normalized spacial score (nSPS) is 47.7. The third-order valence-corrected chi connectivity index (χ3v) is 6.82. The Labute approximate surface area is 128 Å². The summed E-state index contributed by atoms with van der Waals surface area (Å²) in [4.78, 5) is 12.5. The average molecular weight is 294 g/mol. The van der Waals surface area contributed by atoms with Gasteiger partial charge in [-0.15, -0.1) is 0 Å². The predicted octanol–water partition coefficient (Wildman–Crippen LogP) is 3.48. The van der Waals surface area contributed by atoms with Gasteiger partial charge in [-0.05, 0) is 63.7 Å². The van der Waals surface area contributed by atoms with Crippen LogP contribution in [-0.2, 0) is 9.53 Å². The fraction of sp³-hybridized carbons (Fsp3) is 0.944. The molecule has 3 aliphatic rings. The summed E-state index contributed by atoms with van der Waals surface area (Å²) in [6, 6.07) is 0. The van der Waals surface area contributed by atoms with Gasteiger partial charge >= 0.3 is 0 Å². The summed E-state index contributed by atoms with van der Waals surface area (Å²) in [5.41, 5.74) is -0.802. The van der Waals surface area contributed by atoms with Crippen molar-refractivity contribution in [3.8, 4) is 0 Å². The Morgan fingerprint density at radius 2 is 1.90 bits per heavy atom. The highest BCUT2D eigenvalue weighted by Crippen LogP contribution is 2.60. The molecule has 1 saturated heterocycles. The molecule has 2 saturated carbocycles. The minimum absolute atomic E-state index is 0.0702. The number of ether oxygens (including phenoxy) is 1. The van der Waals surface area contributed by atoms with Crippen LogP contribution < -0.4 is 0 Å². The van der Waals surface area contributed by atoms with E-state index in [1.807, 2.05) is 13.8 Å². The van der Waals surface area contributed by atoms with Crippen LogP contribution in [0.25, 0.3) is 0 Å². The van der Waals surface area contributed by atoms with E-state index in [0.717, 1.165) is 44.9 Å². The highest BCUT2D eigenvalue weighted by Gasteiger charge is 2.59. The number of hydrogen-bond acceptors (Lipinski definition) is 3. The average Bonchev–Trinajstić information content (AvgIpc) is 2.39. The highest BCUT2D eigenvalue weighted by molar-refractivity contribution is 5.85. The Morgan fingerprint density at radius 1 is 1.19 bits per heavy atom. The van der Waals surface area contributed by atoms with Gasteiger partial charge in [-0.2, -0.15) is 0 Å². The standard InChI is InChI=1S/C18H30O3/c1-16(2,20)14-8-11-18(4)12-6-5-7-13(19)17(12,3)10-9-15(18)21-14/h12,14-15,20H,5-11H2,1-4H3/t12-,14+,15+,17-,18+/m1/s1. The molecule has 1 heterocycles. The number of aliphatic hydroxyl groups is 1. The van der Waals surface area contributed by atoms with Crippen molar-refractivity contribution < 1.29 is 14.6 Å². The molecule has 0 unspecified atom stereocenters. The Bertz CT molecular complexity index is 438. The van der Waals surface area contributed by atoms with Gasteiger partial charge in [0.1, 0.15) is 5.78 Å². The molecule has 1 N–H and O–H groups in total. The number of carbonyl (C=O) groups excluding carboxylic acids is 1. The molecule has 0 aromatic heterocycles. The first-order valence-corrected chi connectivity index (χ1v) is 8.59. The van der Waals surface area contributed by atoms with Crippen LogP contribution in [0.15, 0.2) is 0 Å². The molecular formula is C18H30O3. The van der Waals surface area contributed by atoms with Crippen LogP contribution in [0.3, 0.4) is 0 Å². The van der Waals surface area contributed by atoms with E-state index in [4.69, 9.17) is 4.74 Å². The third kappa shape index (κ3) is 2.28. The first kappa shape index (κ1) is 15.5. The molecule has 0 amide bonds. The highest BCUT2D eigenvalue weighted by atomic mass is 16.5. The maximum atomic E-state index is 12.5. The van der Waals surface area contributed by atoms with Crippen LogP contribution in [0, 0.1) is 16.7 Å². The molecule has 2 aliphatic carbocycles. The van der Waals surface area contributed by atoms with Crippen LogP contribution in [-0.4, -0.2) is 28.7 Å². The maximum absolute atomic E-state index is 12.5. The van der Waals surface area contributed by atoms with E-state index in [2.05, 4.69) is 13.8 Å². The van der Waals surface area contributed by atoms with Crippen molar-refractivity contribution >= 4 is 5.78 Å². The predicted molar refractivity (Wildman–Crippen MR) is 82.0 cm³/mol. The molecule has 3 rings (SSSR count). The Hall–Kier alpha value is -0.410. The molecule has 0 radical (unpaired) electrons. The molecule has 120 valence electrons. The lowest BCUT2D eigenvalue weighted by molar-refractivity contribution is -0.229. The Morgan fingerprint density at radius 3 is 2.57 bits per heavy atom. The number of carbonyl (C=O) groups is 1. The minimum atomic E-state index is -0.773. The van der Waals surface area contributed by atoms with Crippen molar-refractivity contribution in [1.82, 2.24) is 0 Å². The van der Waals surface area contributed by atoms with Crippen molar-refractivity contribution in [2.24, 2.45) is 16.7 Å². The van der Waals surface area contributed by atoms with E-state index in [-0.39, 0.29) is 23.0 Å². The zero-order chi connectivity index (χ0) is 15.5. The second-order valence-corrected chi connectivity index (χ2v) is 8.64. The van der Waals surface area contributed by atoms with Crippen molar-refractivity contribution in [3.63, 3.8) is 0 Å². The van der Waals surface area contributed by atoms with Gasteiger partial charge in [0, 0.05) is 11.8 Å². The third-order valence-electron chi connectivity index (χ3n) is 6.82. The first-order valence-electron chi connectivity index (χ1n) is 8.59. The summed E-state index contributed by atoms with van der Waals surface area (Å²) in [6.07, 6.45) is 6.97. The van der Waals surface area contributed by atoms with Crippen molar-refractivity contribution in [2.45, 2.75) is 90.4 Å². The number of rotatable bonds is 1. The Balaban J connectivity index is 1.86. The largest absolute Gasteiger partial charge is 0.388 e. The monoisotopic (exact) mass is 294 g/mol. The van der Waals surface area contributed by atoms with E-state index < -0.39 is 5.60 Å². The van der Waals surface area contributed by atoms with Crippen molar-refractivity contribution in [2.75, 3.05) is 0 Å². The number of Topliss-reactive ketones (excluding diaryl/α,β-unsaturated/α-hetero) is 1. The second kappa shape index (κ2) is 4.79. The molecule has 0 aromatic rings. The molecule has 3 nitrogen and oxygen atoms in total. The topological polar surface area (TPSA) is 46.5 Å². The molecule has 1 aliphatic heterocycles. The smallest absolute Gasteiger partial charge is 0.139 e. The van der Waals surface area contributed by atoms with Gasteiger partial charge in [0.05, 0.1) is 17.8 Å². The molecule has 5 atom stereocenters. The van der Waals surface area contributed by atoms with Gasteiger partial charge in [0.2, 0.25) is 0 Å². The molecule has 3 heteroatoms. The molecule has 0 bridgehead atoms. The number of fused-ring (bicyclic) bond motifs is 3. The SMILES string of the molecule is CC(C)(O)[C@@H]1CC[C@]2(C)[C@H](CC[C@@]3(C)C(=O)CCC[C@@H]23)O1. The van der Waals surface area contributed by atoms with Crippen LogP contribution in [0.1, 0.15) is 72.6 Å². The van der Waals surface area contributed by atoms with Gasteiger partial charge in [-0.1, -0.05) is 13.8 Å². The van der Waals surface area contributed by atoms with Crippen LogP contribution in [0.2, 0.25) is 0 Å². The van der Waals surface area contributed by atoms with Gasteiger partial charge in [0.15, 0.2) is 0 Å². The molecule has 0 aromatic carbocycles. The van der Waals surface area contributed by atoms with E-state index >= 15 is 0 Å². The van der Waals surface area contributed by atoms with Crippen LogP contribution >= 0.6 is 0 Å². The quantitative estimate of drug-likeness (QED) is 0.805. The van der Waals surface area contributed by atoms with Crippen molar-refractivity contribution in [3.05, 3.63) is 0 Å².